The summed E-state index contributed by atoms with van der Waals surface area (Å²) in [5.41, 5.74) is 2.57. The number of rotatable bonds is 7. The van der Waals surface area contributed by atoms with Crippen LogP contribution in [0.5, 0.6) is 0 Å². The van der Waals surface area contributed by atoms with Crippen molar-refractivity contribution < 1.29 is 0 Å². The first-order valence-electron chi connectivity index (χ1n) is 5.94. The number of aryl methyl sites for hydroxylation is 2. The first-order valence-corrected chi connectivity index (χ1v) is 5.94. The standard InChI is InChI=1S/C12H23N3.ClH/c1-4-5-6-7-8-13-10-12-11(2)9-14-15(12)3;/h9,13H,4-8,10H2,1-3H3;1H. The number of aromatic nitrogens is 2. The number of hydrogen-bond acceptors (Lipinski definition) is 2. The van der Waals surface area contributed by atoms with Gasteiger partial charge in [-0.25, -0.2) is 0 Å². The fraction of sp³-hybridized carbons (Fsp3) is 0.750. The molecule has 1 aromatic rings. The third-order valence-electron chi connectivity index (χ3n) is 2.77. The molecule has 16 heavy (non-hydrogen) atoms. The molecular weight excluding hydrogens is 222 g/mol. The molecule has 1 heterocycles. The zero-order valence-electron chi connectivity index (χ0n) is 10.6. The van der Waals surface area contributed by atoms with E-state index < -0.39 is 0 Å². The van der Waals surface area contributed by atoms with Crippen LogP contribution in [0.25, 0.3) is 0 Å². The normalized spacial score (nSPS) is 10.2. The van der Waals surface area contributed by atoms with Crippen LogP contribution in [0.3, 0.4) is 0 Å². The lowest BCUT2D eigenvalue weighted by Crippen LogP contribution is -2.17. The lowest BCUT2D eigenvalue weighted by Gasteiger charge is -2.06. The Morgan fingerprint density at radius 2 is 2.06 bits per heavy atom. The van der Waals surface area contributed by atoms with Gasteiger partial charge in [-0.2, -0.15) is 5.10 Å². The van der Waals surface area contributed by atoms with Crippen molar-refractivity contribution in [2.24, 2.45) is 7.05 Å². The third-order valence-corrected chi connectivity index (χ3v) is 2.77. The first kappa shape index (κ1) is 15.5. The summed E-state index contributed by atoms with van der Waals surface area (Å²) in [6.07, 6.45) is 7.21. The van der Waals surface area contributed by atoms with Gasteiger partial charge in [-0.15, -0.1) is 12.4 Å². The van der Waals surface area contributed by atoms with Crippen LogP contribution in [0.4, 0.5) is 0 Å². The molecule has 0 spiro atoms. The second kappa shape index (κ2) is 8.59. The van der Waals surface area contributed by atoms with Crippen molar-refractivity contribution in [3.05, 3.63) is 17.5 Å². The Kier molecular flexibility index (Phi) is 8.30. The van der Waals surface area contributed by atoms with E-state index in [2.05, 4.69) is 24.3 Å². The van der Waals surface area contributed by atoms with Gasteiger partial charge in [0.15, 0.2) is 0 Å². The largest absolute Gasteiger partial charge is 0.311 e. The number of unbranched alkanes of at least 4 members (excludes halogenated alkanes) is 3. The average molecular weight is 246 g/mol. The van der Waals surface area contributed by atoms with E-state index in [-0.39, 0.29) is 12.4 Å². The molecule has 0 unspecified atom stereocenters. The maximum atomic E-state index is 4.22. The summed E-state index contributed by atoms with van der Waals surface area (Å²) in [4.78, 5) is 0. The smallest absolute Gasteiger partial charge is 0.0547 e. The van der Waals surface area contributed by atoms with Gasteiger partial charge in [0.1, 0.15) is 0 Å². The van der Waals surface area contributed by atoms with Crippen LogP contribution in [0.2, 0.25) is 0 Å². The van der Waals surface area contributed by atoms with Gasteiger partial charge in [-0.3, -0.25) is 4.68 Å². The zero-order valence-corrected chi connectivity index (χ0v) is 11.4. The maximum Gasteiger partial charge on any atom is 0.0547 e. The Hall–Kier alpha value is -0.540. The predicted octanol–water partition coefficient (Wildman–Crippen LogP) is 2.82. The molecule has 0 saturated carbocycles. The highest BCUT2D eigenvalue weighted by Crippen LogP contribution is 2.04. The number of nitrogens with one attached hydrogen (secondary N) is 1. The van der Waals surface area contributed by atoms with E-state index in [9.17, 15) is 0 Å². The van der Waals surface area contributed by atoms with Crippen molar-refractivity contribution in [3.63, 3.8) is 0 Å². The molecule has 0 aliphatic carbocycles. The van der Waals surface area contributed by atoms with Gasteiger partial charge in [0, 0.05) is 13.6 Å². The first-order chi connectivity index (χ1) is 7.25. The second-order valence-corrected chi connectivity index (χ2v) is 4.14. The van der Waals surface area contributed by atoms with Crippen molar-refractivity contribution in [2.75, 3.05) is 6.54 Å². The van der Waals surface area contributed by atoms with Crippen LogP contribution in [0.15, 0.2) is 6.20 Å². The quantitative estimate of drug-likeness (QED) is 0.749. The highest BCUT2D eigenvalue weighted by molar-refractivity contribution is 5.85. The molecule has 0 radical (unpaired) electrons. The molecule has 0 aromatic carbocycles. The summed E-state index contributed by atoms with van der Waals surface area (Å²) < 4.78 is 1.95. The van der Waals surface area contributed by atoms with E-state index in [1.54, 1.807) is 0 Å². The molecule has 0 bridgehead atoms. The molecule has 0 aliphatic heterocycles. The Bertz CT molecular complexity index is 264. The lowest BCUT2D eigenvalue weighted by atomic mass is 10.2. The summed E-state index contributed by atoms with van der Waals surface area (Å²) in [5.74, 6) is 0. The summed E-state index contributed by atoms with van der Waals surface area (Å²) in [6, 6.07) is 0. The van der Waals surface area contributed by atoms with Crippen molar-refractivity contribution in [1.82, 2.24) is 15.1 Å². The van der Waals surface area contributed by atoms with Gasteiger partial charge < -0.3 is 5.32 Å². The van der Waals surface area contributed by atoms with Crippen LogP contribution in [0, 0.1) is 6.92 Å². The van der Waals surface area contributed by atoms with Gasteiger partial charge in [0.25, 0.3) is 0 Å². The Labute approximate surface area is 105 Å². The third kappa shape index (κ3) is 4.99. The van der Waals surface area contributed by atoms with Gasteiger partial charge in [0.05, 0.1) is 11.9 Å². The van der Waals surface area contributed by atoms with E-state index in [0.29, 0.717) is 0 Å². The minimum Gasteiger partial charge on any atom is -0.311 e. The van der Waals surface area contributed by atoms with Crippen molar-refractivity contribution >= 4 is 12.4 Å². The number of halogens is 1. The van der Waals surface area contributed by atoms with Gasteiger partial charge in [-0.1, -0.05) is 26.2 Å². The molecule has 3 nitrogen and oxygen atoms in total. The van der Waals surface area contributed by atoms with Gasteiger partial charge in [-0.05, 0) is 25.5 Å². The summed E-state index contributed by atoms with van der Waals surface area (Å²) >= 11 is 0. The monoisotopic (exact) mass is 245 g/mol. The average Bonchev–Trinajstić information content (AvgIpc) is 2.54. The summed E-state index contributed by atoms with van der Waals surface area (Å²) in [7, 11) is 2.00. The van der Waals surface area contributed by atoms with E-state index >= 15 is 0 Å². The SMILES string of the molecule is CCCCCCNCc1c(C)cnn1C.Cl. The minimum atomic E-state index is 0. The zero-order chi connectivity index (χ0) is 11.1. The van der Waals surface area contributed by atoms with Gasteiger partial charge >= 0.3 is 0 Å². The Morgan fingerprint density at radius 3 is 2.62 bits per heavy atom. The molecule has 4 heteroatoms. The lowest BCUT2D eigenvalue weighted by molar-refractivity contribution is 0.576. The molecule has 0 atom stereocenters. The van der Waals surface area contributed by atoms with Crippen LogP contribution in [-0.4, -0.2) is 16.3 Å². The van der Waals surface area contributed by atoms with E-state index in [1.807, 2.05) is 17.9 Å². The highest BCUT2D eigenvalue weighted by atomic mass is 35.5. The van der Waals surface area contributed by atoms with Gasteiger partial charge in [0.2, 0.25) is 0 Å². The molecule has 0 amide bonds. The van der Waals surface area contributed by atoms with Crippen molar-refractivity contribution in [2.45, 2.75) is 46.1 Å². The van der Waals surface area contributed by atoms with E-state index in [1.165, 1.54) is 36.9 Å². The van der Waals surface area contributed by atoms with Crippen LogP contribution < -0.4 is 5.32 Å². The predicted molar refractivity (Wildman–Crippen MR) is 71.0 cm³/mol. The molecule has 1 N–H and O–H groups in total. The second-order valence-electron chi connectivity index (χ2n) is 4.14. The minimum absolute atomic E-state index is 0. The number of hydrogen-bond donors (Lipinski definition) is 1. The molecule has 0 saturated heterocycles. The molecule has 94 valence electrons. The molecule has 0 fully saturated rings. The molecular formula is C12H24ClN3. The fourth-order valence-corrected chi connectivity index (χ4v) is 1.71. The van der Waals surface area contributed by atoms with E-state index in [4.69, 9.17) is 0 Å². The number of nitrogens with zero attached hydrogens (tertiary/aromatic N) is 2. The van der Waals surface area contributed by atoms with Crippen LogP contribution in [0.1, 0.15) is 43.9 Å². The van der Waals surface area contributed by atoms with Crippen LogP contribution in [-0.2, 0) is 13.6 Å². The Morgan fingerprint density at radius 1 is 1.31 bits per heavy atom. The fourth-order valence-electron chi connectivity index (χ4n) is 1.71. The van der Waals surface area contributed by atoms with Crippen LogP contribution >= 0.6 is 12.4 Å². The molecule has 0 aliphatic rings. The molecule has 1 rings (SSSR count). The van der Waals surface area contributed by atoms with Crippen molar-refractivity contribution in [1.29, 1.82) is 0 Å². The van der Waals surface area contributed by atoms with Crippen molar-refractivity contribution in [3.8, 4) is 0 Å². The topological polar surface area (TPSA) is 29.9 Å². The summed E-state index contributed by atoms with van der Waals surface area (Å²) in [5, 5.41) is 7.69. The van der Waals surface area contributed by atoms with E-state index in [0.717, 1.165) is 13.1 Å². The molecule has 1 aromatic heterocycles. The highest BCUT2D eigenvalue weighted by Gasteiger charge is 2.02. The summed E-state index contributed by atoms with van der Waals surface area (Å²) in [6.45, 7) is 6.41. The Balaban J connectivity index is 0.00000225. The maximum absolute atomic E-state index is 4.22.